The Morgan fingerprint density at radius 2 is 1.86 bits per heavy atom. The number of imidazole rings is 1. The van der Waals surface area contributed by atoms with E-state index in [1.54, 1.807) is 20.9 Å². The van der Waals surface area contributed by atoms with Crippen LogP contribution in [0.4, 0.5) is 5.95 Å². The molecule has 2 fully saturated rings. The average Bonchev–Trinajstić information content (AvgIpc) is 3.27. The normalized spacial score (nSPS) is 20.5. The van der Waals surface area contributed by atoms with Crippen molar-refractivity contribution < 1.29 is 14.0 Å². The lowest BCUT2D eigenvalue weighted by molar-refractivity contribution is -0.396. The third kappa shape index (κ3) is 2.50. The molecule has 116 valence electrons. The van der Waals surface area contributed by atoms with Crippen LogP contribution in [0.2, 0.25) is 0 Å². The largest absolute Gasteiger partial charge is 0.434 e. The first-order valence-corrected chi connectivity index (χ1v) is 8.34. The summed E-state index contributed by atoms with van der Waals surface area (Å²) in [7, 11) is -1.38. The van der Waals surface area contributed by atoms with E-state index in [9.17, 15) is 14.7 Å². The molecule has 3 heterocycles. The van der Waals surface area contributed by atoms with Gasteiger partial charge in [0.25, 0.3) is 0 Å². The van der Waals surface area contributed by atoms with E-state index in [-0.39, 0.29) is 5.95 Å². The highest BCUT2D eigenvalue weighted by atomic mass is 31.2. The number of rotatable bonds is 6. The molecule has 3 rings (SSSR count). The van der Waals surface area contributed by atoms with Gasteiger partial charge in [-0.3, -0.25) is 9.09 Å². The SMILES string of the molecule is Cc1nc([N+](=O)[O-])n(C)c1C(C)OP(=O)(N1CC1)N1CC1. The summed E-state index contributed by atoms with van der Waals surface area (Å²) in [6, 6.07) is 0. The third-order valence-electron chi connectivity index (χ3n) is 3.71. The van der Waals surface area contributed by atoms with Crippen LogP contribution in [0.3, 0.4) is 0 Å². The molecule has 10 heteroatoms. The molecule has 1 unspecified atom stereocenters. The van der Waals surface area contributed by atoms with Crippen LogP contribution in [-0.2, 0) is 16.1 Å². The Labute approximate surface area is 122 Å². The van der Waals surface area contributed by atoms with E-state index in [1.807, 2.05) is 9.34 Å². The average molecular weight is 315 g/mol. The molecule has 0 N–H and O–H groups in total. The highest BCUT2D eigenvalue weighted by Gasteiger charge is 2.50. The molecule has 2 aliphatic heterocycles. The molecule has 0 bridgehead atoms. The Bertz CT molecular complexity index is 621. The van der Waals surface area contributed by atoms with Gasteiger partial charge < -0.3 is 10.1 Å². The van der Waals surface area contributed by atoms with E-state index >= 15 is 0 Å². The second-order valence-corrected chi connectivity index (χ2v) is 7.67. The summed E-state index contributed by atoms with van der Waals surface area (Å²) in [6.07, 6.45) is -0.525. The van der Waals surface area contributed by atoms with E-state index in [4.69, 9.17) is 4.52 Å². The Morgan fingerprint density at radius 3 is 2.24 bits per heavy atom. The Balaban J connectivity index is 1.87. The van der Waals surface area contributed by atoms with E-state index in [0.29, 0.717) is 11.4 Å². The van der Waals surface area contributed by atoms with Gasteiger partial charge in [-0.15, -0.1) is 0 Å². The van der Waals surface area contributed by atoms with Crippen LogP contribution in [0.5, 0.6) is 0 Å². The lowest BCUT2D eigenvalue weighted by Gasteiger charge is -2.23. The van der Waals surface area contributed by atoms with Crippen LogP contribution in [0.1, 0.15) is 24.4 Å². The molecule has 1 aromatic heterocycles. The Kier molecular flexibility index (Phi) is 3.40. The predicted molar refractivity (Wildman–Crippen MR) is 74.9 cm³/mol. The molecule has 9 nitrogen and oxygen atoms in total. The molecule has 0 aliphatic carbocycles. The topological polar surface area (TPSA) is 93.3 Å². The molecule has 0 aromatic carbocycles. The van der Waals surface area contributed by atoms with Crippen LogP contribution in [0.25, 0.3) is 0 Å². The smallest absolute Gasteiger partial charge is 0.390 e. The maximum atomic E-state index is 13.0. The zero-order chi connectivity index (χ0) is 15.4. The van der Waals surface area contributed by atoms with Crippen molar-refractivity contribution in [1.82, 2.24) is 18.9 Å². The predicted octanol–water partition coefficient (Wildman–Crippen LogP) is 1.45. The van der Waals surface area contributed by atoms with Crippen LogP contribution in [0, 0.1) is 17.0 Å². The summed E-state index contributed by atoms with van der Waals surface area (Å²) < 4.78 is 23.8. The van der Waals surface area contributed by atoms with Crippen molar-refractivity contribution in [3.63, 3.8) is 0 Å². The lowest BCUT2D eigenvalue weighted by Crippen LogP contribution is -2.13. The van der Waals surface area contributed by atoms with Crippen LogP contribution in [-0.4, -0.2) is 50.0 Å². The lowest BCUT2D eigenvalue weighted by atomic mass is 10.2. The van der Waals surface area contributed by atoms with E-state index in [1.165, 1.54) is 4.57 Å². The summed E-state index contributed by atoms with van der Waals surface area (Å²) in [6.45, 7) is 6.53. The monoisotopic (exact) mass is 315 g/mol. The van der Waals surface area contributed by atoms with Crippen molar-refractivity contribution in [2.45, 2.75) is 20.0 Å². The van der Waals surface area contributed by atoms with Gasteiger partial charge in [-0.2, -0.15) is 0 Å². The van der Waals surface area contributed by atoms with Crippen LogP contribution in [0.15, 0.2) is 0 Å². The molecule has 0 amide bonds. The zero-order valence-electron chi connectivity index (χ0n) is 12.2. The van der Waals surface area contributed by atoms with Crippen molar-refractivity contribution in [3.05, 3.63) is 21.5 Å². The Hall–Kier alpha value is -1.28. The summed E-state index contributed by atoms with van der Waals surface area (Å²) in [5.41, 5.74) is 1.12. The Morgan fingerprint density at radius 1 is 1.33 bits per heavy atom. The van der Waals surface area contributed by atoms with E-state index in [2.05, 4.69) is 4.98 Å². The van der Waals surface area contributed by atoms with E-state index in [0.717, 1.165) is 26.2 Å². The van der Waals surface area contributed by atoms with Crippen LogP contribution < -0.4 is 0 Å². The van der Waals surface area contributed by atoms with Gasteiger partial charge in [0.05, 0.1) is 7.05 Å². The van der Waals surface area contributed by atoms with E-state index < -0.39 is 18.7 Å². The second-order valence-electron chi connectivity index (χ2n) is 5.34. The molecule has 0 spiro atoms. The molecule has 21 heavy (non-hydrogen) atoms. The van der Waals surface area contributed by atoms with Gasteiger partial charge >= 0.3 is 13.6 Å². The molecule has 1 atom stereocenters. The fraction of sp³-hybridized carbons (Fsp3) is 0.727. The fourth-order valence-electron chi connectivity index (χ4n) is 2.53. The maximum Gasteiger partial charge on any atom is 0.434 e. The first-order chi connectivity index (χ1) is 9.84. The minimum Gasteiger partial charge on any atom is -0.390 e. The molecule has 0 saturated carbocycles. The number of nitrogens with zero attached hydrogens (tertiary/aromatic N) is 5. The van der Waals surface area contributed by atoms with Crippen molar-refractivity contribution >= 4 is 13.6 Å². The van der Waals surface area contributed by atoms with Crippen molar-refractivity contribution in [2.24, 2.45) is 7.05 Å². The molecular formula is C11H18N5O4P. The first-order valence-electron chi connectivity index (χ1n) is 6.81. The van der Waals surface area contributed by atoms with Gasteiger partial charge in [-0.25, -0.2) is 13.9 Å². The summed E-state index contributed by atoms with van der Waals surface area (Å²) in [5.74, 6) is -0.230. The molecule has 2 aliphatic rings. The number of nitro groups is 1. The quantitative estimate of drug-likeness (QED) is 0.339. The van der Waals surface area contributed by atoms with Gasteiger partial charge in [0.1, 0.15) is 11.8 Å². The summed E-state index contributed by atoms with van der Waals surface area (Å²) in [5, 5.41) is 10.9. The van der Waals surface area contributed by atoms with Gasteiger partial charge in [-0.05, 0) is 18.8 Å². The summed E-state index contributed by atoms with van der Waals surface area (Å²) in [4.78, 5) is 14.4. The zero-order valence-corrected chi connectivity index (χ0v) is 13.1. The van der Waals surface area contributed by atoms with Crippen LogP contribution >= 0.6 is 7.67 Å². The number of aromatic nitrogens is 2. The van der Waals surface area contributed by atoms with Gasteiger partial charge in [-0.1, -0.05) is 4.98 Å². The number of hydrogen-bond donors (Lipinski definition) is 0. The van der Waals surface area contributed by atoms with Crippen molar-refractivity contribution in [1.29, 1.82) is 0 Å². The van der Waals surface area contributed by atoms with Crippen molar-refractivity contribution in [3.8, 4) is 0 Å². The molecule has 2 saturated heterocycles. The second kappa shape index (κ2) is 4.88. The fourth-order valence-corrected chi connectivity index (χ4v) is 4.85. The van der Waals surface area contributed by atoms with Gasteiger partial charge in [0, 0.05) is 26.2 Å². The molecule has 0 radical (unpaired) electrons. The number of hydrogen-bond acceptors (Lipinski definition) is 5. The highest BCUT2D eigenvalue weighted by Crippen LogP contribution is 2.63. The minimum atomic E-state index is -2.96. The molecule has 1 aromatic rings. The number of aryl methyl sites for hydroxylation is 1. The molecular weight excluding hydrogens is 297 g/mol. The third-order valence-corrected chi connectivity index (χ3v) is 6.53. The van der Waals surface area contributed by atoms with Gasteiger partial charge in [0.2, 0.25) is 0 Å². The summed E-state index contributed by atoms with van der Waals surface area (Å²) >= 11 is 0. The maximum absolute atomic E-state index is 13.0. The van der Waals surface area contributed by atoms with Gasteiger partial charge in [0.15, 0.2) is 5.69 Å². The minimum absolute atomic E-state index is 0.230. The highest BCUT2D eigenvalue weighted by molar-refractivity contribution is 7.54. The first kappa shape index (κ1) is 14.6. The standard InChI is InChI=1S/C11H18N5O4P/c1-8-10(13(3)11(12-8)16(17)18)9(2)20-21(19,14-4-5-14)15-6-7-15/h9H,4-7H2,1-3H3. The van der Waals surface area contributed by atoms with Crippen molar-refractivity contribution in [2.75, 3.05) is 26.2 Å².